The molecule has 4 nitrogen and oxygen atoms in total. The van der Waals surface area contributed by atoms with Crippen molar-refractivity contribution in [1.82, 2.24) is 15.3 Å². The van der Waals surface area contributed by atoms with Crippen LogP contribution in [0.15, 0.2) is 6.07 Å². The molecule has 1 atom stereocenters. The molecule has 82 valence electrons. The van der Waals surface area contributed by atoms with Crippen LogP contribution >= 0.6 is 11.6 Å². The first-order valence-corrected chi connectivity index (χ1v) is 5.46. The van der Waals surface area contributed by atoms with Crippen molar-refractivity contribution < 1.29 is 4.74 Å². The van der Waals surface area contributed by atoms with E-state index >= 15 is 0 Å². The summed E-state index contributed by atoms with van der Waals surface area (Å²) in [6, 6.07) is 2.10. The molecule has 1 aromatic heterocycles. The van der Waals surface area contributed by atoms with E-state index in [0.717, 1.165) is 25.2 Å². The lowest BCUT2D eigenvalue weighted by Gasteiger charge is -2.09. The largest absolute Gasteiger partial charge is 0.463 e. The minimum Gasteiger partial charge on any atom is -0.463 e. The highest BCUT2D eigenvalue weighted by Crippen LogP contribution is 2.13. The number of ether oxygens (including phenoxy) is 1. The van der Waals surface area contributed by atoms with Gasteiger partial charge in [-0.2, -0.15) is 4.98 Å². The van der Waals surface area contributed by atoms with Crippen LogP contribution in [-0.4, -0.2) is 29.7 Å². The average Bonchev–Trinajstić information content (AvgIpc) is 2.65. The molecule has 1 aliphatic heterocycles. The van der Waals surface area contributed by atoms with Gasteiger partial charge in [0.15, 0.2) is 0 Å². The molecule has 0 aliphatic carbocycles. The Morgan fingerprint density at radius 1 is 1.60 bits per heavy atom. The summed E-state index contributed by atoms with van der Waals surface area (Å²) < 4.78 is 5.50. The molecular weight excluding hydrogens is 214 g/mol. The van der Waals surface area contributed by atoms with Gasteiger partial charge in [-0.05, 0) is 26.0 Å². The summed E-state index contributed by atoms with van der Waals surface area (Å²) >= 11 is 5.80. The minimum absolute atomic E-state index is 0.381. The van der Waals surface area contributed by atoms with Crippen molar-refractivity contribution in [2.45, 2.75) is 13.3 Å². The number of aryl methyl sites for hydroxylation is 1. The summed E-state index contributed by atoms with van der Waals surface area (Å²) in [6.07, 6.45) is 1.15. The Morgan fingerprint density at radius 3 is 3.13 bits per heavy atom. The SMILES string of the molecule is Cc1cc(Cl)nc(OC[C@H]2CCNC2)n1. The number of nitrogens with one attached hydrogen (secondary N) is 1. The highest BCUT2D eigenvalue weighted by atomic mass is 35.5. The first-order valence-electron chi connectivity index (χ1n) is 5.09. The fourth-order valence-corrected chi connectivity index (χ4v) is 1.85. The Bertz CT molecular complexity index is 319. The van der Waals surface area contributed by atoms with Crippen LogP contribution in [0.3, 0.4) is 0 Å². The summed E-state index contributed by atoms with van der Waals surface area (Å²) in [6.45, 7) is 4.62. The summed E-state index contributed by atoms with van der Waals surface area (Å²) in [7, 11) is 0. The Kier molecular flexibility index (Phi) is 3.38. The van der Waals surface area contributed by atoms with Gasteiger partial charge in [0.05, 0.1) is 6.61 Å². The summed E-state index contributed by atoms with van der Waals surface area (Å²) in [4.78, 5) is 8.16. The van der Waals surface area contributed by atoms with E-state index in [9.17, 15) is 0 Å². The van der Waals surface area contributed by atoms with Crippen LogP contribution in [0.4, 0.5) is 0 Å². The number of rotatable bonds is 3. The normalized spacial score (nSPS) is 20.5. The third-order valence-corrected chi connectivity index (χ3v) is 2.61. The Hall–Kier alpha value is -0.870. The van der Waals surface area contributed by atoms with Crippen LogP contribution in [0.5, 0.6) is 6.01 Å². The molecule has 1 aliphatic rings. The maximum Gasteiger partial charge on any atom is 0.318 e. The monoisotopic (exact) mass is 227 g/mol. The van der Waals surface area contributed by atoms with Gasteiger partial charge in [0, 0.05) is 18.2 Å². The number of hydrogen-bond donors (Lipinski definition) is 1. The molecule has 0 saturated carbocycles. The molecular formula is C10H14ClN3O. The van der Waals surface area contributed by atoms with Crippen LogP contribution in [0.1, 0.15) is 12.1 Å². The number of nitrogens with zero attached hydrogens (tertiary/aromatic N) is 2. The van der Waals surface area contributed by atoms with E-state index in [4.69, 9.17) is 16.3 Å². The Labute approximate surface area is 94.0 Å². The standard InChI is InChI=1S/C10H14ClN3O/c1-7-4-9(11)14-10(13-7)15-6-8-2-3-12-5-8/h4,8,12H,2-3,5-6H2,1H3/t8-/m0/s1. The topological polar surface area (TPSA) is 47.0 Å². The van der Waals surface area contributed by atoms with Gasteiger partial charge in [0.1, 0.15) is 5.15 Å². The third kappa shape index (κ3) is 3.04. The second-order valence-corrected chi connectivity index (χ2v) is 4.17. The van der Waals surface area contributed by atoms with Crippen molar-refractivity contribution in [3.63, 3.8) is 0 Å². The molecule has 0 spiro atoms. The van der Waals surface area contributed by atoms with Gasteiger partial charge < -0.3 is 10.1 Å². The van der Waals surface area contributed by atoms with Crippen molar-refractivity contribution in [3.05, 3.63) is 16.9 Å². The van der Waals surface area contributed by atoms with E-state index in [1.165, 1.54) is 0 Å². The third-order valence-electron chi connectivity index (χ3n) is 2.41. The zero-order valence-electron chi connectivity index (χ0n) is 8.66. The Balaban J connectivity index is 1.92. The van der Waals surface area contributed by atoms with Gasteiger partial charge in [-0.1, -0.05) is 11.6 Å². The molecule has 0 unspecified atom stereocenters. The van der Waals surface area contributed by atoms with Gasteiger partial charge in [0.25, 0.3) is 0 Å². The molecule has 1 saturated heterocycles. The second kappa shape index (κ2) is 4.77. The summed E-state index contributed by atoms with van der Waals surface area (Å²) in [5.41, 5.74) is 0.828. The summed E-state index contributed by atoms with van der Waals surface area (Å²) in [5.74, 6) is 0.563. The fraction of sp³-hybridized carbons (Fsp3) is 0.600. The predicted octanol–water partition coefficient (Wildman–Crippen LogP) is 1.43. The summed E-state index contributed by atoms with van der Waals surface area (Å²) in [5, 5.41) is 3.72. The number of hydrogen-bond acceptors (Lipinski definition) is 4. The smallest absolute Gasteiger partial charge is 0.318 e. The minimum atomic E-state index is 0.381. The van der Waals surface area contributed by atoms with Crippen LogP contribution in [0, 0.1) is 12.8 Å². The van der Waals surface area contributed by atoms with Crippen LogP contribution in [0.25, 0.3) is 0 Å². The van der Waals surface area contributed by atoms with Crippen molar-refractivity contribution in [2.24, 2.45) is 5.92 Å². The molecule has 0 amide bonds. The van der Waals surface area contributed by atoms with Crippen molar-refractivity contribution >= 4 is 11.6 Å². The first kappa shape index (κ1) is 10.6. The zero-order chi connectivity index (χ0) is 10.7. The maximum atomic E-state index is 5.80. The lowest BCUT2D eigenvalue weighted by Crippen LogP contribution is -2.16. The number of aromatic nitrogens is 2. The van der Waals surface area contributed by atoms with Gasteiger partial charge >= 0.3 is 6.01 Å². The Morgan fingerprint density at radius 2 is 2.47 bits per heavy atom. The van der Waals surface area contributed by atoms with E-state index in [1.54, 1.807) is 6.07 Å². The average molecular weight is 228 g/mol. The van der Waals surface area contributed by atoms with E-state index in [2.05, 4.69) is 15.3 Å². The van der Waals surface area contributed by atoms with Crippen LogP contribution in [-0.2, 0) is 0 Å². The fourth-order valence-electron chi connectivity index (χ4n) is 1.62. The molecule has 0 aromatic carbocycles. The highest BCUT2D eigenvalue weighted by molar-refractivity contribution is 6.29. The van der Waals surface area contributed by atoms with Gasteiger partial charge in [0.2, 0.25) is 0 Å². The molecule has 0 bridgehead atoms. The molecule has 1 N–H and O–H groups in total. The van der Waals surface area contributed by atoms with E-state index in [0.29, 0.717) is 23.7 Å². The zero-order valence-corrected chi connectivity index (χ0v) is 9.42. The highest BCUT2D eigenvalue weighted by Gasteiger charge is 2.15. The van der Waals surface area contributed by atoms with Gasteiger partial charge in [-0.3, -0.25) is 0 Å². The van der Waals surface area contributed by atoms with Crippen molar-refractivity contribution in [3.8, 4) is 6.01 Å². The lowest BCUT2D eigenvalue weighted by molar-refractivity contribution is 0.241. The van der Waals surface area contributed by atoms with Crippen LogP contribution in [0.2, 0.25) is 5.15 Å². The maximum absolute atomic E-state index is 5.80. The predicted molar refractivity (Wildman–Crippen MR) is 58.3 cm³/mol. The molecule has 2 heterocycles. The lowest BCUT2D eigenvalue weighted by atomic mass is 10.1. The van der Waals surface area contributed by atoms with Crippen molar-refractivity contribution in [2.75, 3.05) is 19.7 Å². The van der Waals surface area contributed by atoms with Crippen LogP contribution < -0.4 is 10.1 Å². The molecule has 15 heavy (non-hydrogen) atoms. The molecule has 2 rings (SSSR count). The van der Waals surface area contributed by atoms with Gasteiger partial charge in [-0.25, -0.2) is 4.98 Å². The van der Waals surface area contributed by atoms with E-state index in [-0.39, 0.29) is 0 Å². The number of halogens is 1. The van der Waals surface area contributed by atoms with Crippen molar-refractivity contribution in [1.29, 1.82) is 0 Å². The van der Waals surface area contributed by atoms with E-state index in [1.807, 2.05) is 6.92 Å². The molecule has 5 heteroatoms. The second-order valence-electron chi connectivity index (χ2n) is 3.78. The molecule has 1 fully saturated rings. The molecule has 0 radical (unpaired) electrons. The van der Waals surface area contributed by atoms with Gasteiger partial charge in [-0.15, -0.1) is 0 Å². The first-order chi connectivity index (χ1) is 7.24. The molecule has 1 aromatic rings. The quantitative estimate of drug-likeness (QED) is 0.794. The van der Waals surface area contributed by atoms with E-state index < -0.39 is 0 Å².